The van der Waals surface area contributed by atoms with Crippen LogP contribution in [0.1, 0.15) is 53.4 Å². The van der Waals surface area contributed by atoms with Crippen LogP contribution in [0.3, 0.4) is 0 Å². The van der Waals surface area contributed by atoms with Gasteiger partial charge in [-0.3, -0.25) is 5.32 Å². The number of hydrogen-bond donors (Lipinski definition) is 1. The van der Waals surface area contributed by atoms with Crippen molar-refractivity contribution in [3.05, 3.63) is 0 Å². The van der Waals surface area contributed by atoms with Crippen LogP contribution in [0, 0.1) is 11.3 Å². The Hall–Kier alpha value is -0.590. The SMILES string of the molecule is CCC(C)N(C)C(C)CC(C)(C#N)NC1CC1. The first-order valence-corrected chi connectivity index (χ1v) is 6.82. The third kappa shape index (κ3) is 4.29. The zero-order valence-electron chi connectivity index (χ0n) is 12.0. The minimum atomic E-state index is -0.373. The fraction of sp³-hybridized carbons (Fsp3) is 0.929. The van der Waals surface area contributed by atoms with Crippen molar-refractivity contribution >= 4 is 0 Å². The van der Waals surface area contributed by atoms with Gasteiger partial charge in [0.15, 0.2) is 0 Å². The maximum Gasteiger partial charge on any atom is 0.105 e. The van der Waals surface area contributed by atoms with Gasteiger partial charge in [-0.1, -0.05) is 6.92 Å². The highest BCUT2D eigenvalue weighted by Gasteiger charge is 2.34. The molecule has 1 aliphatic rings. The molecule has 0 aromatic carbocycles. The molecule has 3 heteroatoms. The van der Waals surface area contributed by atoms with E-state index < -0.39 is 0 Å². The molecule has 0 bridgehead atoms. The van der Waals surface area contributed by atoms with Gasteiger partial charge in [-0.25, -0.2) is 0 Å². The monoisotopic (exact) mass is 237 g/mol. The van der Waals surface area contributed by atoms with Crippen LogP contribution >= 0.6 is 0 Å². The van der Waals surface area contributed by atoms with Gasteiger partial charge in [-0.2, -0.15) is 5.26 Å². The van der Waals surface area contributed by atoms with Crippen LogP contribution in [0.25, 0.3) is 0 Å². The van der Waals surface area contributed by atoms with Crippen molar-refractivity contribution in [2.75, 3.05) is 7.05 Å². The van der Waals surface area contributed by atoms with Crippen molar-refractivity contribution < 1.29 is 0 Å². The molecule has 0 saturated heterocycles. The predicted octanol–water partition coefficient (Wildman–Crippen LogP) is 2.53. The molecule has 1 rings (SSSR count). The van der Waals surface area contributed by atoms with Crippen LogP contribution in [0.2, 0.25) is 0 Å². The van der Waals surface area contributed by atoms with Gasteiger partial charge in [0, 0.05) is 18.1 Å². The number of nitriles is 1. The van der Waals surface area contributed by atoms with E-state index in [0.717, 1.165) is 12.8 Å². The third-order valence-corrected chi connectivity index (χ3v) is 4.03. The van der Waals surface area contributed by atoms with Crippen molar-refractivity contribution in [1.29, 1.82) is 5.26 Å². The fourth-order valence-corrected chi connectivity index (χ4v) is 2.27. The molecule has 17 heavy (non-hydrogen) atoms. The Morgan fingerprint density at radius 3 is 2.41 bits per heavy atom. The summed E-state index contributed by atoms with van der Waals surface area (Å²) in [5.41, 5.74) is -0.373. The molecular formula is C14H27N3. The van der Waals surface area contributed by atoms with Crippen molar-refractivity contribution in [1.82, 2.24) is 10.2 Å². The number of hydrogen-bond acceptors (Lipinski definition) is 3. The summed E-state index contributed by atoms with van der Waals surface area (Å²) in [7, 11) is 2.16. The van der Waals surface area contributed by atoms with Crippen LogP contribution in [0.5, 0.6) is 0 Å². The number of nitrogens with one attached hydrogen (secondary N) is 1. The van der Waals surface area contributed by atoms with Crippen molar-refractivity contribution in [2.45, 2.75) is 77.0 Å². The number of rotatable bonds is 7. The summed E-state index contributed by atoms with van der Waals surface area (Å²) in [5.74, 6) is 0. The van der Waals surface area contributed by atoms with Crippen LogP contribution in [0.15, 0.2) is 0 Å². The summed E-state index contributed by atoms with van der Waals surface area (Å²) in [4.78, 5) is 2.38. The van der Waals surface area contributed by atoms with E-state index in [0.29, 0.717) is 18.1 Å². The largest absolute Gasteiger partial charge is 0.301 e. The van der Waals surface area contributed by atoms with Gasteiger partial charge in [0.05, 0.1) is 6.07 Å². The lowest BCUT2D eigenvalue weighted by Gasteiger charge is -2.35. The second-order valence-corrected chi connectivity index (χ2v) is 5.84. The van der Waals surface area contributed by atoms with E-state index in [9.17, 15) is 5.26 Å². The lowest BCUT2D eigenvalue weighted by Crippen LogP contribution is -2.48. The molecule has 0 amide bonds. The van der Waals surface area contributed by atoms with Gasteiger partial charge in [-0.15, -0.1) is 0 Å². The quantitative estimate of drug-likeness (QED) is 0.739. The lowest BCUT2D eigenvalue weighted by atomic mass is 9.93. The molecule has 0 aliphatic heterocycles. The van der Waals surface area contributed by atoms with E-state index in [-0.39, 0.29) is 5.54 Å². The summed E-state index contributed by atoms with van der Waals surface area (Å²) < 4.78 is 0. The van der Waals surface area contributed by atoms with Gasteiger partial charge in [0.2, 0.25) is 0 Å². The molecule has 98 valence electrons. The summed E-state index contributed by atoms with van der Waals surface area (Å²) in [6.07, 6.45) is 4.50. The summed E-state index contributed by atoms with van der Waals surface area (Å²) in [5, 5.41) is 12.8. The summed E-state index contributed by atoms with van der Waals surface area (Å²) in [6, 6.07) is 4.05. The minimum absolute atomic E-state index is 0.373. The van der Waals surface area contributed by atoms with Gasteiger partial charge < -0.3 is 4.90 Å². The average molecular weight is 237 g/mol. The topological polar surface area (TPSA) is 39.1 Å². The molecule has 3 nitrogen and oxygen atoms in total. The second kappa shape index (κ2) is 5.84. The van der Waals surface area contributed by atoms with E-state index in [1.165, 1.54) is 12.8 Å². The maximum absolute atomic E-state index is 9.36. The Labute approximate surface area is 106 Å². The first kappa shape index (κ1) is 14.5. The first-order valence-electron chi connectivity index (χ1n) is 6.82. The zero-order valence-corrected chi connectivity index (χ0v) is 12.0. The fourth-order valence-electron chi connectivity index (χ4n) is 2.27. The Bertz CT molecular complexity index is 280. The van der Waals surface area contributed by atoms with Crippen molar-refractivity contribution in [2.24, 2.45) is 0 Å². The van der Waals surface area contributed by atoms with Crippen LogP contribution < -0.4 is 5.32 Å². The standard InChI is InChI=1S/C14H27N3/c1-6-11(2)17(5)12(3)9-14(4,10-15)16-13-7-8-13/h11-13,16H,6-9H2,1-5H3. The number of nitrogens with zero attached hydrogens (tertiary/aromatic N) is 2. The van der Waals surface area contributed by atoms with Gasteiger partial charge >= 0.3 is 0 Å². The highest BCUT2D eigenvalue weighted by molar-refractivity contribution is 5.08. The van der Waals surface area contributed by atoms with Crippen LogP contribution in [-0.4, -0.2) is 35.6 Å². The molecule has 1 fully saturated rings. The first-order chi connectivity index (χ1) is 7.91. The van der Waals surface area contributed by atoms with E-state index in [1.54, 1.807) is 0 Å². The molecule has 1 N–H and O–H groups in total. The molecule has 3 atom stereocenters. The zero-order chi connectivity index (χ0) is 13.1. The molecule has 3 unspecified atom stereocenters. The molecule has 0 aromatic rings. The molecule has 1 aliphatic carbocycles. The minimum Gasteiger partial charge on any atom is -0.301 e. The summed E-state index contributed by atoms with van der Waals surface area (Å²) >= 11 is 0. The molecule has 1 saturated carbocycles. The van der Waals surface area contributed by atoms with E-state index in [1.807, 2.05) is 6.92 Å². The molecule has 0 spiro atoms. The van der Waals surface area contributed by atoms with Gasteiger partial charge in [0.25, 0.3) is 0 Å². The smallest absolute Gasteiger partial charge is 0.105 e. The highest BCUT2D eigenvalue weighted by Crippen LogP contribution is 2.25. The average Bonchev–Trinajstić information content (AvgIpc) is 3.10. The third-order valence-electron chi connectivity index (χ3n) is 4.03. The lowest BCUT2D eigenvalue weighted by molar-refractivity contribution is 0.162. The Kier molecular flexibility index (Phi) is 4.97. The molecule has 0 heterocycles. The predicted molar refractivity (Wildman–Crippen MR) is 71.8 cm³/mol. The van der Waals surface area contributed by atoms with Gasteiger partial charge in [-0.05, 0) is 53.5 Å². The Morgan fingerprint density at radius 1 is 1.41 bits per heavy atom. The Balaban J connectivity index is 2.51. The highest BCUT2D eigenvalue weighted by atomic mass is 15.2. The van der Waals surface area contributed by atoms with Crippen LogP contribution in [0.4, 0.5) is 0 Å². The van der Waals surface area contributed by atoms with Crippen molar-refractivity contribution in [3.63, 3.8) is 0 Å². The van der Waals surface area contributed by atoms with Crippen LogP contribution in [-0.2, 0) is 0 Å². The maximum atomic E-state index is 9.36. The summed E-state index contributed by atoms with van der Waals surface area (Å²) in [6.45, 7) is 8.71. The van der Waals surface area contributed by atoms with Gasteiger partial charge in [0.1, 0.15) is 5.54 Å². The van der Waals surface area contributed by atoms with E-state index in [4.69, 9.17) is 0 Å². The molecule has 0 radical (unpaired) electrons. The second-order valence-electron chi connectivity index (χ2n) is 5.84. The molecular weight excluding hydrogens is 210 g/mol. The van der Waals surface area contributed by atoms with Crippen molar-refractivity contribution in [3.8, 4) is 6.07 Å². The normalized spacial score (nSPS) is 22.9. The Morgan fingerprint density at radius 2 is 2.00 bits per heavy atom. The molecule has 0 aromatic heterocycles. The van der Waals surface area contributed by atoms with E-state index >= 15 is 0 Å². The van der Waals surface area contributed by atoms with E-state index in [2.05, 4.69) is 44.1 Å².